The molecule has 1 fully saturated rings. The van der Waals surface area contributed by atoms with Gasteiger partial charge in [-0.1, -0.05) is 24.3 Å². The van der Waals surface area contributed by atoms with Crippen molar-refractivity contribution in [3.8, 4) is 11.5 Å². The molecule has 0 unspecified atom stereocenters. The van der Waals surface area contributed by atoms with Crippen molar-refractivity contribution < 1.29 is 19.0 Å². The van der Waals surface area contributed by atoms with Gasteiger partial charge in [-0.25, -0.2) is 4.98 Å². The van der Waals surface area contributed by atoms with Gasteiger partial charge in [-0.15, -0.1) is 0 Å². The molecule has 7 heteroatoms. The number of fused-ring (bicyclic) bond motifs is 1. The van der Waals surface area contributed by atoms with E-state index in [0.717, 1.165) is 34.5 Å². The van der Waals surface area contributed by atoms with Gasteiger partial charge in [-0.2, -0.15) is 0 Å². The number of rotatable bonds is 6. The average Bonchev–Trinajstić information content (AvgIpc) is 2.78. The molecule has 2 heterocycles. The van der Waals surface area contributed by atoms with Gasteiger partial charge < -0.3 is 19.9 Å². The lowest BCUT2D eigenvalue weighted by Crippen LogP contribution is -2.38. The Kier molecular flexibility index (Phi) is 5.83. The average molecular weight is 407 g/mol. The Balaban J connectivity index is 1.58. The Morgan fingerprint density at radius 1 is 1.20 bits per heavy atom. The number of nitrogens with zero attached hydrogens (tertiary/aromatic N) is 2. The maximum absolute atomic E-state index is 12.0. The Bertz CT molecular complexity index is 1070. The minimum atomic E-state index is -0.467. The number of benzene rings is 2. The van der Waals surface area contributed by atoms with Crippen LogP contribution < -0.4 is 15.2 Å². The van der Waals surface area contributed by atoms with Crippen molar-refractivity contribution in [1.29, 1.82) is 0 Å². The molecule has 7 nitrogen and oxygen atoms in total. The van der Waals surface area contributed by atoms with Gasteiger partial charge in [0.25, 0.3) is 0 Å². The zero-order valence-corrected chi connectivity index (χ0v) is 17.1. The van der Waals surface area contributed by atoms with Crippen molar-refractivity contribution in [2.75, 3.05) is 33.9 Å². The highest BCUT2D eigenvalue weighted by atomic mass is 16.5. The first kappa shape index (κ1) is 20.1. The molecule has 1 saturated heterocycles. The van der Waals surface area contributed by atoms with E-state index in [1.165, 1.54) is 0 Å². The van der Waals surface area contributed by atoms with Crippen LogP contribution in [0.4, 0.5) is 0 Å². The second-order valence-corrected chi connectivity index (χ2v) is 7.25. The molecular weight excluding hydrogens is 382 g/mol. The normalized spacial score (nSPS) is 17.1. The third kappa shape index (κ3) is 4.08. The van der Waals surface area contributed by atoms with Gasteiger partial charge in [-0.05, 0) is 18.2 Å². The zero-order valence-electron chi connectivity index (χ0n) is 17.1. The second kappa shape index (κ2) is 8.69. The fourth-order valence-corrected chi connectivity index (χ4v) is 3.81. The number of hydrogen-bond acceptors (Lipinski definition) is 6. The number of aromatic nitrogens is 1. The van der Waals surface area contributed by atoms with Crippen LogP contribution in [0.2, 0.25) is 0 Å². The van der Waals surface area contributed by atoms with Gasteiger partial charge in [0.1, 0.15) is 17.6 Å². The predicted octanol–water partition coefficient (Wildman–Crippen LogP) is 2.92. The third-order valence-corrected chi connectivity index (χ3v) is 5.37. The van der Waals surface area contributed by atoms with Crippen LogP contribution >= 0.6 is 0 Å². The summed E-state index contributed by atoms with van der Waals surface area (Å²) in [7, 11) is 3.29. The van der Waals surface area contributed by atoms with E-state index in [2.05, 4.69) is 4.90 Å². The number of carbonyl (C=O) groups excluding carboxylic acids is 1. The second-order valence-electron chi connectivity index (χ2n) is 7.25. The minimum absolute atomic E-state index is 0.245. The number of primary amides is 1. The monoisotopic (exact) mass is 407 g/mol. The molecule has 0 aliphatic carbocycles. The molecule has 0 bridgehead atoms. The van der Waals surface area contributed by atoms with E-state index in [1.54, 1.807) is 20.3 Å². The summed E-state index contributed by atoms with van der Waals surface area (Å²) in [6, 6.07) is 15.1. The first-order valence-corrected chi connectivity index (χ1v) is 9.83. The summed E-state index contributed by atoms with van der Waals surface area (Å²) in [6.45, 7) is 2.73. The molecule has 156 valence electrons. The van der Waals surface area contributed by atoms with Gasteiger partial charge >= 0.3 is 0 Å². The number of nitrogens with two attached hydrogens (primary N) is 1. The van der Waals surface area contributed by atoms with E-state index in [-0.39, 0.29) is 6.10 Å². The molecule has 3 aromatic rings. The number of carbonyl (C=O) groups is 1. The van der Waals surface area contributed by atoms with Gasteiger partial charge in [0.15, 0.2) is 0 Å². The molecule has 0 radical (unpaired) electrons. The maximum Gasteiger partial charge on any atom is 0.249 e. The SMILES string of the molecule is COc1ccc(CN2CCO[C@@H](c3cc(C(N)=O)c4ccccc4n3)C2)c(OC)c1. The summed E-state index contributed by atoms with van der Waals surface area (Å²) in [5.41, 5.74) is 8.61. The van der Waals surface area contributed by atoms with Crippen molar-refractivity contribution >= 4 is 16.8 Å². The van der Waals surface area contributed by atoms with E-state index in [1.807, 2.05) is 42.5 Å². The number of pyridine rings is 1. The molecule has 0 saturated carbocycles. The molecule has 1 aliphatic rings. The van der Waals surface area contributed by atoms with Crippen molar-refractivity contribution in [2.45, 2.75) is 12.6 Å². The number of amides is 1. The largest absolute Gasteiger partial charge is 0.497 e. The lowest BCUT2D eigenvalue weighted by molar-refractivity contribution is -0.0350. The molecule has 1 aliphatic heterocycles. The van der Waals surface area contributed by atoms with Crippen molar-refractivity contribution in [3.63, 3.8) is 0 Å². The van der Waals surface area contributed by atoms with Crippen LogP contribution in [0.3, 0.4) is 0 Å². The van der Waals surface area contributed by atoms with Gasteiger partial charge in [0, 0.05) is 36.7 Å². The van der Waals surface area contributed by atoms with Crippen LogP contribution in [0.5, 0.6) is 11.5 Å². The standard InChI is InChI=1S/C23H25N3O4/c1-28-16-8-7-15(21(11-16)29-2)13-26-9-10-30-22(14-26)20-12-18(23(24)27)17-5-3-4-6-19(17)25-20/h3-8,11-12,22H,9-10,13-14H2,1-2H3,(H2,24,27)/t22-/m1/s1. The quantitative estimate of drug-likeness (QED) is 0.676. The molecule has 2 aromatic carbocycles. The molecule has 1 atom stereocenters. The van der Waals surface area contributed by atoms with Gasteiger partial charge in [0.2, 0.25) is 5.91 Å². The van der Waals surface area contributed by atoms with Crippen LogP contribution in [0.1, 0.15) is 27.7 Å². The Labute approximate surface area is 175 Å². The van der Waals surface area contributed by atoms with Crippen LogP contribution in [0, 0.1) is 0 Å². The summed E-state index contributed by atoms with van der Waals surface area (Å²) in [5.74, 6) is 1.08. The van der Waals surface area contributed by atoms with Crippen LogP contribution in [-0.4, -0.2) is 49.7 Å². The lowest BCUT2D eigenvalue weighted by atomic mass is 10.0. The summed E-state index contributed by atoms with van der Waals surface area (Å²) in [6.07, 6.45) is -0.245. The zero-order chi connectivity index (χ0) is 21.1. The molecule has 0 spiro atoms. The number of ether oxygens (including phenoxy) is 3. The van der Waals surface area contributed by atoms with Crippen molar-refractivity contribution in [3.05, 3.63) is 65.4 Å². The number of hydrogen-bond donors (Lipinski definition) is 1. The summed E-state index contributed by atoms with van der Waals surface area (Å²) < 4.78 is 16.8. The summed E-state index contributed by atoms with van der Waals surface area (Å²) in [5, 5.41) is 0.754. The first-order valence-electron chi connectivity index (χ1n) is 9.83. The topological polar surface area (TPSA) is 86.9 Å². The fourth-order valence-electron chi connectivity index (χ4n) is 3.81. The Morgan fingerprint density at radius 3 is 2.80 bits per heavy atom. The Morgan fingerprint density at radius 2 is 2.03 bits per heavy atom. The minimum Gasteiger partial charge on any atom is -0.497 e. The summed E-state index contributed by atoms with van der Waals surface area (Å²) >= 11 is 0. The maximum atomic E-state index is 12.0. The number of morpholine rings is 1. The third-order valence-electron chi connectivity index (χ3n) is 5.37. The van der Waals surface area contributed by atoms with Gasteiger partial charge in [0.05, 0.1) is 37.6 Å². The number of para-hydroxylation sites is 1. The predicted molar refractivity (Wildman–Crippen MR) is 114 cm³/mol. The molecule has 4 rings (SSSR count). The van der Waals surface area contributed by atoms with Crippen molar-refractivity contribution in [1.82, 2.24) is 9.88 Å². The van der Waals surface area contributed by atoms with E-state index in [9.17, 15) is 4.79 Å². The molecule has 2 N–H and O–H groups in total. The fraction of sp³-hybridized carbons (Fsp3) is 0.304. The highest BCUT2D eigenvalue weighted by Gasteiger charge is 2.25. The van der Waals surface area contributed by atoms with E-state index in [0.29, 0.717) is 31.0 Å². The molecule has 1 amide bonds. The van der Waals surface area contributed by atoms with E-state index >= 15 is 0 Å². The smallest absolute Gasteiger partial charge is 0.249 e. The highest BCUT2D eigenvalue weighted by Crippen LogP contribution is 2.29. The lowest BCUT2D eigenvalue weighted by Gasteiger charge is -2.33. The van der Waals surface area contributed by atoms with Crippen LogP contribution in [0.15, 0.2) is 48.5 Å². The van der Waals surface area contributed by atoms with E-state index in [4.69, 9.17) is 24.9 Å². The molecular formula is C23H25N3O4. The summed E-state index contributed by atoms with van der Waals surface area (Å²) in [4.78, 5) is 19.0. The van der Waals surface area contributed by atoms with Crippen molar-refractivity contribution in [2.24, 2.45) is 5.73 Å². The van der Waals surface area contributed by atoms with Crippen LogP contribution in [-0.2, 0) is 11.3 Å². The van der Waals surface area contributed by atoms with Gasteiger partial charge in [-0.3, -0.25) is 9.69 Å². The molecule has 30 heavy (non-hydrogen) atoms. The molecule has 1 aromatic heterocycles. The van der Waals surface area contributed by atoms with Crippen LogP contribution in [0.25, 0.3) is 10.9 Å². The first-order chi connectivity index (χ1) is 14.6. The highest BCUT2D eigenvalue weighted by molar-refractivity contribution is 6.05. The van der Waals surface area contributed by atoms with E-state index < -0.39 is 5.91 Å². The number of methoxy groups -OCH3 is 2. The Hall–Kier alpha value is -3.16.